The molecule has 2 saturated heterocycles. The van der Waals surface area contributed by atoms with Crippen molar-refractivity contribution in [1.82, 2.24) is 0 Å². The highest BCUT2D eigenvalue weighted by atomic mass is 16.6. The average molecular weight is 378 g/mol. The summed E-state index contributed by atoms with van der Waals surface area (Å²) in [5.41, 5.74) is 0.911. The number of carbonyl (C=O) groups excluding carboxylic acids is 2. The van der Waals surface area contributed by atoms with Gasteiger partial charge in [-0.1, -0.05) is 20.4 Å². The van der Waals surface area contributed by atoms with Crippen LogP contribution in [0.5, 0.6) is 0 Å². The highest BCUT2D eigenvalue weighted by Crippen LogP contribution is 2.48. The highest BCUT2D eigenvalue weighted by Gasteiger charge is 2.57. The molecule has 27 heavy (non-hydrogen) atoms. The summed E-state index contributed by atoms with van der Waals surface area (Å²) in [6.45, 7) is 11.7. The molecule has 0 N–H and O–H groups in total. The van der Waals surface area contributed by atoms with Crippen molar-refractivity contribution >= 4 is 11.9 Å². The fourth-order valence-corrected chi connectivity index (χ4v) is 4.05. The Morgan fingerprint density at radius 3 is 2.81 bits per heavy atom. The molecule has 3 aliphatic rings. The van der Waals surface area contributed by atoms with Gasteiger partial charge in [-0.05, 0) is 31.9 Å². The maximum atomic E-state index is 12.5. The van der Waals surface area contributed by atoms with Crippen LogP contribution >= 0.6 is 0 Å². The summed E-state index contributed by atoms with van der Waals surface area (Å²) in [4.78, 5) is 24.7. The van der Waals surface area contributed by atoms with Gasteiger partial charge in [-0.2, -0.15) is 0 Å². The fraction of sp³-hybridized carbons (Fsp3) is 0.714. The van der Waals surface area contributed by atoms with E-state index in [1.54, 1.807) is 7.11 Å². The molecule has 2 heterocycles. The summed E-state index contributed by atoms with van der Waals surface area (Å²) in [5, 5.41) is 0. The van der Waals surface area contributed by atoms with Gasteiger partial charge in [0.1, 0.15) is 12.2 Å². The Balaban J connectivity index is 1.96. The number of fused-ring (bicyclic) bond motifs is 2. The van der Waals surface area contributed by atoms with Crippen LogP contribution < -0.4 is 0 Å². The third-order valence-electron chi connectivity index (χ3n) is 6.23. The molecule has 3 rings (SSSR count). The molecule has 2 fully saturated rings. The molecule has 0 spiro atoms. The van der Waals surface area contributed by atoms with Gasteiger partial charge in [-0.25, -0.2) is 4.79 Å². The third-order valence-corrected chi connectivity index (χ3v) is 6.23. The molecular weight excluding hydrogens is 348 g/mol. The summed E-state index contributed by atoms with van der Waals surface area (Å²) in [6, 6.07) is 0. The molecule has 0 aromatic heterocycles. The van der Waals surface area contributed by atoms with E-state index in [1.807, 2.05) is 33.8 Å². The summed E-state index contributed by atoms with van der Waals surface area (Å²) in [6.07, 6.45) is 2.70. The summed E-state index contributed by atoms with van der Waals surface area (Å²) >= 11 is 0. The number of ether oxygens (including phenoxy) is 4. The van der Waals surface area contributed by atoms with E-state index >= 15 is 0 Å². The van der Waals surface area contributed by atoms with Gasteiger partial charge in [0.05, 0.1) is 29.6 Å². The van der Waals surface area contributed by atoms with E-state index in [0.29, 0.717) is 24.8 Å². The first-order valence-corrected chi connectivity index (χ1v) is 9.69. The van der Waals surface area contributed by atoms with Crippen molar-refractivity contribution in [2.24, 2.45) is 11.8 Å². The van der Waals surface area contributed by atoms with E-state index in [4.69, 9.17) is 18.9 Å². The predicted molar refractivity (Wildman–Crippen MR) is 98.9 cm³/mol. The minimum Gasteiger partial charge on any atom is -0.461 e. The molecule has 0 amide bonds. The Morgan fingerprint density at radius 1 is 1.48 bits per heavy atom. The minimum absolute atomic E-state index is 0.0263. The van der Waals surface area contributed by atoms with Gasteiger partial charge >= 0.3 is 11.9 Å². The first kappa shape index (κ1) is 20.1. The van der Waals surface area contributed by atoms with Crippen molar-refractivity contribution in [2.75, 3.05) is 7.11 Å². The smallest absolute Gasteiger partial charge is 0.334 e. The number of hydrogen-bond donors (Lipinski definition) is 0. The second-order valence-electron chi connectivity index (χ2n) is 8.20. The van der Waals surface area contributed by atoms with E-state index in [9.17, 15) is 9.59 Å². The van der Waals surface area contributed by atoms with Crippen molar-refractivity contribution in [2.45, 2.75) is 77.0 Å². The van der Waals surface area contributed by atoms with E-state index in [1.165, 1.54) is 0 Å². The van der Waals surface area contributed by atoms with Crippen LogP contribution in [0.2, 0.25) is 0 Å². The van der Waals surface area contributed by atoms with Crippen LogP contribution in [0.1, 0.15) is 47.0 Å². The SMILES string of the molecule is C=C1C(=O)O[C@@H]2/C=C(/C)[C@@H](OC)C[C@H]3O[C@]3(C)C[C@@H](OC(=O)[C@@H](C)CC)[C@@H]12. The Hall–Kier alpha value is -1.66. The lowest BCUT2D eigenvalue weighted by Gasteiger charge is -2.30. The van der Waals surface area contributed by atoms with Crippen molar-refractivity contribution < 1.29 is 28.5 Å². The van der Waals surface area contributed by atoms with Crippen LogP contribution in [0, 0.1) is 11.8 Å². The van der Waals surface area contributed by atoms with Crippen molar-refractivity contribution in [3.8, 4) is 0 Å². The first-order chi connectivity index (χ1) is 12.7. The van der Waals surface area contributed by atoms with Crippen molar-refractivity contribution in [1.29, 1.82) is 0 Å². The molecule has 0 saturated carbocycles. The van der Waals surface area contributed by atoms with Gasteiger partial charge in [0, 0.05) is 25.5 Å². The summed E-state index contributed by atoms with van der Waals surface area (Å²) < 4.78 is 23.0. The van der Waals surface area contributed by atoms with Crippen molar-refractivity contribution in [3.63, 3.8) is 0 Å². The highest BCUT2D eigenvalue weighted by molar-refractivity contribution is 5.91. The largest absolute Gasteiger partial charge is 0.461 e. The third kappa shape index (κ3) is 3.83. The molecule has 7 atom stereocenters. The zero-order valence-corrected chi connectivity index (χ0v) is 16.8. The Bertz CT molecular complexity index is 668. The van der Waals surface area contributed by atoms with E-state index < -0.39 is 29.7 Å². The predicted octanol–water partition coefficient (Wildman–Crippen LogP) is 2.95. The molecule has 0 aromatic carbocycles. The van der Waals surface area contributed by atoms with E-state index in [-0.39, 0.29) is 24.1 Å². The lowest BCUT2D eigenvalue weighted by molar-refractivity contribution is -0.157. The molecule has 6 nitrogen and oxygen atoms in total. The first-order valence-electron chi connectivity index (χ1n) is 9.69. The maximum Gasteiger partial charge on any atom is 0.334 e. The van der Waals surface area contributed by atoms with Crippen LogP contribution in [0.25, 0.3) is 0 Å². The quantitative estimate of drug-likeness (QED) is 0.324. The second-order valence-corrected chi connectivity index (χ2v) is 8.20. The van der Waals surface area contributed by atoms with Crippen LogP contribution in [0.15, 0.2) is 23.8 Å². The van der Waals surface area contributed by atoms with Crippen LogP contribution in [0.3, 0.4) is 0 Å². The molecule has 6 heteroatoms. The average Bonchev–Trinajstić information content (AvgIpc) is 3.16. The summed E-state index contributed by atoms with van der Waals surface area (Å²) in [7, 11) is 1.67. The van der Waals surface area contributed by atoms with Crippen molar-refractivity contribution in [3.05, 3.63) is 23.8 Å². The molecule has 2 aliphatic heterocycles. The Labute approximate surface area is 160 Å². The molecular formula is C21H30O6. The molecule has 150 valence electrons. The zero-order valence-electron chi connectivity index (χ0n) is 16.8. The standard InChI is InChI=1S/C21H30O6/c1-7-11(2)19(22)26-16-10-21(5)17(27-21)9-14(24-6)12(3)8-15-18(16)13(4)20(23)25-15/h8,11,14-18H,4,7,9-10H2,1-3,5-6H3/b12-8-/t11-,14-,15+,16+,17+,18-,21+/m0/s1. The number of methoxy groups -OCH3 is 1. The Kier molecular flexibility index (Phi) is 5.50. The topological polar surface area (TPSA) is 74.4 Å². The van der Waals surface area contributed by atoms with Gasteiger partial charge in [0.2, 0.25) is 0 Å². The monoisotopic (exact) mass is 378 g/mol. The van der Waals surface area contributed by atoms with Crippen LogP contribution in [-0.4, -0.2) is 49.1 Å². The normalized spacial score (nSPS) is 41.5. The maximum absolute atomic E-state index is 12.5. The molecule has 0 aromatic rings. The lowest BCUT2D eigenvalue weighted by Crippen LogP contribution is -2.38. The lowest BCUT2D eigenvalue weighted by atomic mass is 9.82. The Morgan fingerprint density at radius 2 is 2.19 bits per heavy atom. The van der Waals surface area contributed by atoms with Gasteiger partial charge in [0.15, 0.2) is 0 Å². The second kappa shape index (κ2) is 7.40. The zero-order chi connectivity index (χ0) is 19.9. The molecule has 0 radical (unpaired) electrons. The van der Waals surface area contributed by atoms with Gasteiger partial charge in [-0.3, -0.25) is 4.79 Å². The van der Waals surface area contributed by atoms with Crippen LogP contribution in [0.4, 0.5) is 0 Å². The van der Waals surface area contributed by atoms with Gasteiger partial charge in [-0.15, -0.1) is 0 Å². The number of epoxide rings is 1. The minimum atomic E-state index is -0.520. The number of rotatable bonds is 4. The number of esters is 2. The fourth-order valence-electron chi connectivity index (χ4n) is 4.05. The van der Waals surface area contributed by atoms with Gasteiger partial charge < -0.3 is 18.9 Å². The number of hydrogen-bond acceptors (Lipinski definition) is 6. The molecule has 0 bridgehead atoms. The molecule has 1 aliphatic carbocycles. The van der Waals surface area contributed by atoms with Crippen LogP contribution in [-0.2, 0) is 28.5 Å². The number of carbonyl (C=O) groups is 2. The van der Waals surface area contributed by atoms with E-state index in [0.717, 1.165) is 5.57 Å². The van der Waals surface area contributed by atoms with Gasteiger partial charge in [0.25, 0.3) is 0 Å². The van der Waals surface area contributed by atoms with E-state index in [2.05, 4.69) is 6.58 Å². The summed E-state index contributed by atoms with van der Waals surface area (Å²) in [5.74, 6) is -1.33. The molecule has 0 unspecified atom stereocenters.